The highest BCUT2D eigenvalue weighted by molar-refractivity contribution is 5.77. The maximum Gasteiger partial charge on any atom is 0.248 e. The quantitative estimate of drug-likeness (QED) is 0.395. The Hall–Kier alpha value is -3.53. The number of carbonyl (C=O) groups is 1. The Balaban J connectivity index is 1.55. The van der Waals surface area contributed by atoms with Crippen molar-refractivity contribution in [3.05, 3.63) is 83.9 Å². The van der Waals surface area contributed by atoms with Crippen LogP contribution < -0.4 is 0 Å². The molecule has 29 heavy (non-hydrogen) atoms. The first-order valence-electron chi connectivity index (χ1n) is 9.54. The standard InChI is InChI=1S/C25H22N2O2/c1-25(2,3)22-14-12-21(13-15-22)24-27-26-23(29-24)20-10-8-19(9-11-20)18-6-4-17(16-28)5-7-18/h4-16H,1-3H3. The molecule has 0 saturated carbocycles. The molecule has 1 heterocycles. The number of carbonyl (C=O) groups excluding carboxylic acids is 1. The summed E-state index contributed by atoms with van der Waals surface area (Å²) in [5, 5.41) is 8.41. The molecular weight excluding hydrogens is 360 g/mol. The number of hydrogen-bond acceptors (Lipinski definition) is 4. The van der Waals surface area contributed by atoms with E-state index in [0.717, 1.165) is 28.5 Å². The van der Waals surface area contributed by atoms with Gasteiger partial charge in [0.1, 0.15) is 6.29 Å². The number of rotatable bonds is 4. The maximum atomic E-state index is 10.8. The highest BCUT2D eigenvalue weighted by Crippen LogP contribution is 2.29. The molecule has 0 fully saturated rings. The van der Waals surface area contributed by atoms with E-state index in [2.05, 4.69) is 43.1 Å². The zero-order valence-corrected chi connectivity index (χ0v) is 16.7. The molecule has 0 amide bonds. The molecule has 0 atom stereocenters. The SMILES string of the molecule is CC(C)(C)c1ccc(-c2nnc(-c3ccc(-c4ccc(C=O)cc4)cc3)o2)cc1. The minimum absolute atomic E-state index is 0.105. The monoisotopic (exact) mass is 382 g/mol. The highest BCUT2D eigenvalue weighted by atomic mass is 16.4. The lowest BCUT2D eigenvalue weighted by molar-refractivity contribution is 0.112. The van der Waals surface area contributed by atoms with Crippen LogP contribution in [0.4, 0.5) is 0 Å². The lowest BCUT2D eigenvalue weighted by Gasteiger charge is -2.18. The lowest BCUT2D eigenvalue weighted by atomic mass is 9.87. The fourth-order valence-corrected chi connectivity index (χ4v) is 3.13. The van der Waals surface area contributed by atoms with Gasteiger partial charge < -0.3 is 4.42 Å². The Morgan fingerprint density at radius 2 is 1.07 bits per heavy atom. The Morgan fingerprint density at radius 3 is 1.52 bits per heavy atom. The van der Waals surface area contributed by atoms with Crippen LogP contribution in [0, 0.1) is 0 Å². The number of benzene rings is 3. The Kier molecular flexibility index (Phi) is 4.85. The van der Waals surface area contributed by atoms with Gasteiger partial charge >= 0.3 is 0 Å². The number of nitrogens with zero attached hydrogens (tertiary/aromatic N) is 2. The fourth-order valence-electron chi connectivity index (χ4n) is 3.13. The third-order valence-corrected chi connectivity index (χ3v) is 4.93. The average Bonchev–Trinajstić information content (AvgIpc) is 3.24. The van der Waals surface area contributed by atoms with Crippen LogP contribution >= 0.6 is 0 Å². The largest absolute Gasteiger partial charge is 0.416 e. The Morgan fingerprint density at radius 1 is 0.655 bits per heavy atom. The van der Waals surface area contributed by atoms with Crippen LogP contribution in [0.25, 0.3) is 34.0 Å². The minimum atomic E-state index is 0.105. The second-order valence-electron chi connectivity index (χ2n) is 8.06. The topological polar surface area (TPSA) is 56.0 Å². The van der Waals surface area contributed by atoms with Crippen LogP contribution in [-0.2, 0) is 5.41 Å². The van der Waals surface area contributed by atoms with Gasteiger partial charge in [-0.1, -0.05) is 69.3 Å². The molecule has 0 N–H and O–H groups in total. The summed E-state index contributed by atoms with van der Waals surface area (Å²) in [6.07, 6.45) is 0.844. The highest BCUT2D eigenvalue weighted by Gasteiger charge is 2.15. The van der Waals surface area contributed by atoms with Crippen molar-refractivity contribution in [2.75, 3.05) is 0 Å². The average molecular weight is 382 g/mol. The molecule has 4 rings (SSSR count). The third kappa shape index (κ3) is 4.02. The predicted octanol–water partition coefficient (Wildman–Crippen LogP) is 6.18. The van der Waals surface area contributed by atoms with Crippen molar-refractivity contribution < 1.29 is 9.21 Å². The third-order valence-electron chi connectivity index (χ3n) is 4.93. The minimum Gasteiger partial charge on any atom is -0.416 e. The number of aldehydes is 1. The molecule has 0 aliphatic heterocycles. The molecule has 4 nitrogen and oxygen atoms in total. The van der Waals surface area contributed by atoms with E-state index >= 15 is 0 Å². The normalized spacial score (nSPS) is 11.4. The van der Waals surface area contributed by atoms with E-state index in [1.165, 1.54) is 5.56 Å². The molecule has 0 aliphatic rings. The van der Waals surface area contributed by atoms with Gasteiger partial charge in [0.25, 0.3) is 0 Å². The molecule has 0 spiro atoms. The van der Waals surface area contributed by atoms with Crippen molar-refractivity contribution in [2.45, 2.75) is 26.2 Å². The van der Waals surface area contributed by atoms with E-state index in [1.807, 2.05) is 60.7 Å². The van der Waals surface area contributed by atoms with Gasteiger partial charge in [-0.3, -0.25) is 4.79 Å². The molecule has 1 aromatic heterocycles. The van der Waals surface area contributed by atoms with E-state index in [1.54, 1.807) is 0 Å². The van der Waals surface area contributed by atoms with E-state index in [-0.39, 0.29) is 5.41 Å². The summed E-state index contributed by atoms with van der Waals surface area (Å²) in [7, 11) is 0. The van der Waals surface area contributed by atoms with E-state index < -0.39 is 0 Å². The molecule has 0 radical (unpaired) electrons. The fraction of sp³-hybridized carbons (Fsp3) is 0.160. The molecule has 3 aromatic carbocycles. The van der Waals surface area contributed by atoms with E-state index in [4.69, 9.17) is 4.42 Å². The summed E-state index contributed by atoms with van der Waals surface area (Å²) < 4.78 is 5.90. The molecule has 0 unspecified atom stereocenters. The van der Waals surface area contributed by atoms with Crippen LogP contribution in [0.3, 0.4) is 0 Å². The van der Waals surface area contributed by atoms with Crippen LogP contribution in [0.5, 0.6) is 0 Å². The van der Waals surface area contributed by atoms with Crippen molar-refractivity contribution in [3.63, 3.8) is 0 Å². The van der Waals surface area contributed by atoms with Gasteiger partial charge in [-0.05, 0) is 46.4 Å². The smallest absolute Gasteiger partial charge is 0.248 e. The van der Waals surface area contributed by atoms with Crippen LogP contribution in [0.1, 0.15) is 36.7 Å². The van der Waals surface area contributed by atoms with E-state index in [9.17, 15) is 4.79 Å². The van der Waals surface area contributed by atoms with Gasteiger partial charge in [-0.25, -0.2) is 0 Å². The van der Waals surface area contributed by atoms with Crippen LogP contribution in [-0.4, -0.2) is 16.5 Å². The predicted molar refractivity (Wildman–Crippen MR) is 115 cm³/mol. The maximum absolute atomic E-state index is 10.8. The van der Waals surface area contributed by atoms with Gasteiger partial charge in [0.05, 0.1) is 0 Å². The summed E-state index contributed by atoms with van der Waals surface area (Å²) >= 11 is 0. The summed E-state index contributed by atoms with van der Waals surface area (Å²) in [6.45, 7) is 6.56. The summed E-state index contributed by atoms with van der Waals surface area (Å²) in [5.74, 6) is 0.997. The van der Waals surface area contributed by atoms with Crippen molar-refractivity contribution in [1.29, 1.82) is 0 Å². The Labute approximate surface area is 170 Å². The number of hydrogen-bond donors (Lipinski definition) is 0. The zero-order chi connectivity index (χ0) is 20.4. The van der Waals surface area contributed by atoms with Crippen molar-refractivity contribution in [3.8, 4) is 34.0 Å². The summed E-state index contributed by atoms with van der Waals surface area (Å²) in [5.41, 5.74) is 5.91. The molecule has 4 aromatic rings. The molecular formula is C25H22N2O2. The first kappa shape index (κ1) is 18.8. The summed E-state index contributed by atoms with van der Waals surface area (Å²) in [6, 6.07) is 23.7. The Bertz CT molecular complexity index is 1120. The first-order valence-corrected chi connectivity index (χ1v) is 9.54. The van der Waals surface area contributed by atoms with Gasteiger partial charge in [0, 0.05) is 16.7 Å². The number of aromatic nitrogens is 2. The molecule has 144 valence electrons. The van der Waals surface area contributed by atoms with Gasteiger partial charge in [0.2, 0.25) is 11.8 Å². The van der Waals surface area contributed by atoms with Crippen LogP contribution in [0.2, 0.25) is 0 Å². The lowest BCUT2D eigenvalue weighted by Crippen LogP contribution is -2.10. The second kappa shape index (κ2) is 7.47. The van der Waals surface area contributed by atoms with Crippen LogP contribution in [0.15, 0.2) is 77.2 Å². The molecule has 0 saturated heterocycles. The van der Waals surface area contributed by atoms with Gasteiger partial charge in [-0.15, -0.1) is 10.2 Å². The second-order valence-corrected chi connectivity index (χ2v) is 8.06. The van der Waals surface area contributed by atoms with E-state index in [0.29, 0.717) is 17.3 Å². The van der Waals surface area contributed by atoms with Crippen molar-refractivity contribution >= 4 is 6.29 Å². The molecule has 0 aliphatic carbocycles. The molecule has 0 bridgehead atoms. The van der Waals surface area contributed by atoms with Crippen molar-refractivity contribution in [1.82, 2.24) is 10.2 Å². The van der Waals surface area contributed by atoms with Crippen molar-refractivity contribution in [2.24, 2.45) is 0 Å². The summed E-state index contributed by atoms with van der Waals surface area (Å²) in [4.78, 5) is 10.8. The zero-order valence-electron chi connectivity index (χ0n) is 16.7. The van der Waals surface area contributed by atoms with Gasteiger partial charge in [-0.2, -0.15) is 0 Å². The first-order chi connectivity index (χ1) is 13.9. The molecule has 4 heteroatoms. The van der Waals surface area contributed by atoms with Gasteiger partial charge in [0.15, 0.2) is 0 Å².